The average molecular weight is 338 g/mol. The first-order valence-electron chi connectivity index (χ1n) is 8.73. The zero-order chi connectivity index (χ0) is 17.4. The number of hydrogen-bond donors (Lipinski definition) is 2. The lowest BCUT2D eigenvalue weighted by atomic mass is 9.93. The molecule has 2 aromatic heterocycles. The summed E-state index contributed by atoms with van der Waals surface area (Å²) in [5, 5.41) is 8.48. The highest BCUT2D eigenvalue weighted by Crippen LogP contribution is 2.29. The molecule has 130 valence electrons. The molecule has 2 N–H and O–H groups in total. The fourth-order valence-corrected chi connectivity index (χ4v) is 3.58. The number of aromatic nitrogens is 3. The van der Waals surface area contributed by atoms with Crippen LogP contribution in [0, 0.1) is 0 Å². The van der Waals surface area contributed by atoms with Crippen LogP contribution in [-0.4, -0.2) is 27.3 Å². The Morgan fingerprint density at radius 2 is 2.32 bits per heavy atom. The molecular weight excluding hydrogens is 316 g/mol. The molecule has 0 aliphatic heterocycles. The summed E-state index contributed by atoms with van der Waals surface area (Å²) in [6.45, 7) is 2.57. The zero-order valence-electron chi connectivity index (χ0n) is 14.5. The summed E-state index contributed by atoms with van der Waals surface area (Å²) in [7, 11) is 1.96. The highest BCUT2D eigenvalue weighted by molar-refractivity contribution is 5.98. The maximum absolute atomic E-state index is 12.7. The number of ether oxygens (including phenoxy) is 1. The SMILES string of the molecule is CCOc1ccc2cc(C(=O)N[C@H]3CCCc4c3cnn4C)[nH]c2c1. The van der Waals surface area contributed by atoms with Crippen LogP contribution in [0.3, 0.4) is 0 Å². The smallest absolute Gasteiger partial charge is 0.268 e. The van der Waals surface area contributed by atoms with Gasteiger partial charge in [0.25, 0.3) is 5.91 Å². The van der Waals surface area contributed by atoms with E-state index >= 15 is 0 Å². The molecule has 0 bridgehead atoms. The highest BCUT2D eigenvalue weighted by Gasteiger charge is 2.25. The van der Waals surface area contributed by atoms with E-state index in [2.05, 4.69) is 15.4 Å². The monoisotopic (exact) mass is 338 g/mol. The van der Waals surface area contributed by atoms with E-state index in [1.165, 1.54) is 5.69 Å². The molecule has 0 fully saturated rings. The first kappa shape index (κ1) is 15.7. The van der Waals surface area contributed by atoms with Crippen LogP contribution >= 0.6 is 0 Å². The van der Waals surface area contributed by atoms with E-state index in [-0.39, 0.29) is 11.9 Å². The van der Waals surface area contributed by atoms with Gasteiger partial charge in [-0.2, -0.15) is 5.10 Å². The van der Waals surface area contributed by atoms with Crippen molar-refractivity contribution in [3.8, 4) is 5.75 Å². The number of fused-ring (bicyclic) bond motifs is 2. The second-order valence-corrected chi connectivity index (χ2v) is 6.45. The predicted molar refractivity (Wildman–Crippen MR) is 95.8 cm³/mol. The standard InChI is InChI=1S/C19H22N4O2/c1-3-25-13-8-7-12-9-17(21-16(12)10-13)19(24)22-15-5-4-6-18-14(15)11-20-23(18)2/h7-11,15,21H,3-6H2,1-2H3,(H,22,24)/t15-/m0/s1. The number of H-pyrrole nitrogens is 1. The third-order valence-electron chi connectivity index (χ3n) is 4.83. The van der Waals surface area contributed by atoms with Crippen LogP contribution in [0.5, 0.6) is 5.75 Å². The van der Waals surface area contributed by atoms with E-state index in [9.17, 15) is 4.79 Å². The van der Waals surface area contributed by atoms with Gasteiger partial charge in [-0.05, 0) is 44.4 Å². The largest absolute Gasteiger partial charge is 0.494 e. The lowest BCUT2D eigenvalue weighted by Crippen LogP contribution is -2.31. The predicted octanol–water partition coefficient (Wildman–Crippen LogP) is 3.11. The number of aromatic amines is 1. The van der Waals surface area contributed by atoms with Gasteiger partial charge in [0.05, 0.1) is 18.8 Å². The van der Waals surface area contributed by atoms with Gasteiger partial charge in [-0.3, -0.25) is 9.48 Å². The molecule has 1 atom stereocenters. The molecule has 1 amide bonds. The number of nitrogens with zero attached hydrogens (tertiary/aromatic N) is 2. The van der Waals surface area contributed by atoms with Crippen molar-refractivity contribution in [1.29, 1.82) is 0 Å². The van der Waals surface area contributed by atoms with E-state index in [0.717, 1.165) is 41.5 Å². The molecular formula is C19H22N4O2. The van der Waals surface area contributed by atoms with Crippen LogP contribution in [0.25, 0.3) is 10.9 Å². The van der Waals surface area contributed by atoms with Gasteiger partial charge in [0.1, 0.15) is 11.4 Å². The van der Waals surface area contributed by atoms with E-state index in [1.54, 1.807) is 0 Å². The fourth-order valence-electron chi connectivity index (χ4n) is 3.58. The normalized spacial score (nSPS) is 16.6. The molecule has 0 unspecified atom stereocenters. The minimum Gasteiger partial charge on any atom is -0.494 e. The van der Waals surface area contributed by atoms with Gasteiger partial charge in [-0.1, -0.05) is 0 Å². The number of nitrogens with one attached hydrogen (secondary N) is 2. The van der Waals surface area contributed by atoms with Crippen molar-refractivity contribution in [2.24, 2.45) is 7.05 Å². The molecule has 25 heavy (non-hydrogen) atoms. The molecule has 2 heterocycles. The van der Waals surface area contributed by atoms with Crippen LogP contribution in [-0.2, 0) is 13.5 Å². The summed E-state index contributed by atoms with van der Waals surface area (Å²) in [6, 6.07) is 7.72. The Labute approximate surface area is 146 Å². The Hall–Kier alpha value is -2.76. The number of hydrogen-bond acceptors (Lipinski definition) is 3. The molecule has 3 aromatic rings. The first-order valence-corrected chi connectivity index (χ1v) is 8.73. The van der Waals surface area contributed by atoms with Crippen molar-refractivity contribution in [3.63, 3.8) is 0 Å². The van der Waals surface area contributed by atoms with Crippen molar-refractivity contribution in [3.05, 3.63) is 47.4 Å². The second kappa shape index (κ2) is 6.27. The first-order chi connectivity index (χ1) is 12.2. The maximum atomic E-state index is 12.7. The van der Waals surface area contributed by atoms with Gasteiger partial charge in [0, 0.05) is 35.3 Å². The summed E-state index contributed by atoms with van der Waals surface area (Å²) >= 11 is 0. The molecule has 1 aliphatic carbocycles. The van der Waals surface area contributed by atoms with E-state index in [1.807, 2.05) is 49.1 Å². The minimum atomic E-state index is -0.0872. The van der Waals surface area contributed by atoms with Crippen molar-refractivity contribution in [2.45, 2.75) is 32.2 Å². The second-order valence-electron chi connectivity index (χ2n) is 6.45. The van der Waals surface area contributed by atoms with Crippen LogP contribution in [0.1, 0.15) is 47.6 Å². The van der Waals surface area contributed by atoms with Crippen LogP contribution in [0.15, 0.2) is 30.5 Å². The number of amides is 1. The van der Waals surface area contributed by atoms with Gasteiger partial charge in [0.15, 0.2) is 0 Å². The van der Waals surface area contributed by atoms with E-state index in [0.29, 0.717) is 12.3 Å². The summed E-state index contributed by atoms with van der Waals surface area (Å²) in [5.41, 5.74) is 3.83. The molecule has 4 rings (SSSR count). The molecule has 1 aromatic carbocycles. The summed E-state index contributed by atoms with van der Waals surface area (Å²) in [5.74, 6) is 0.715. The Balaban J connectivity index is 1.56. The van der Waals surface area contributed by atoms with Crippen LogP contribution in [0.2, 0.25) is 0 Å². The average Bonchev–Trinajstić information content (AvgIpc) is 3.20. The Morgan fingerprint density at radius 1 is 1.44 bits per heavy atom. The number of aryl methyl sites for hydroxylation is 1. The lowest BCUT2D eigenvalue weighted by molar-refractivity contribution is 0.0928. The molecule has 0 saturated heterocycles. The number of carbonyl (C=O) groups excluding carboxylic acids is 1. The van der Waals surface area contributed by atoms with Crippen molar-refractivity contribution in [1.82, 2.24) is 20.1 Å². The van der Waals surface area contributed by atoms with Gasteiger partial charge >= 0.3 is 0 Å². The number of rotatable bonds is 4. The van der Waals surface area contributed by atoms with E-state index in [4.69, 9.17) is 4.74 Å². The topological polar surface area (TPSA) is 71.9 Å². The molecule has 0 saturated carbocycles. The molecule has 0 radical (unpaired) electrons. The molecule has 6 nitrogen and oxygen atoms in total. The zero-order valence-corrected chi connectivity index (χ0v) is 14.5. The van der Waals surface area contributed by atoms with Gasteiger partial charge < -0.3 is 15.0 Å². The number of benzene rings is 1. The van der Waals surface area contributed by atoms with Crippen LogP contribution in [0.4, 0.5) is 0 Å². The lowest BCUT2D eigenvalue weighted by Gasteiger charge is -2.23. The van der Waals surface area contributed by atoms with E-state index < -0.39 is 0 Å². The summed E-state index contributed by atoms with van der Waals surface area (Å²) in [4.78, 5) is 15.9. The Bertz CT molecular complexity index is 925. The maximum Gasteiger partial charge on any atom is 0.268 e. The van der Waals surface area contributed by atoms with Crippen molar-refractivity contribution in [2.75, 3.05) is 6.61 Å². The molecule has 1 aliphatic rings. The molecule has 6 heteroatoms. The van der Waals surface area contributed by atoms with Crippen molar-refractivity contribution < 1.29 is 9.53 Å². The Morgan fingerprint density at radius 3 is 3.16 bits per heavy atom. The third kappa shape index (κ3) is 2.88. The third-order valence-corrected chi connectivity index (χ3v) is 4.83. The summed E-state index contributed by atoms with van der Waals surface area (Å²) in [6.07, 6.45) is 4.89. The Kier molecular flexibility index (Phi) is 3.95. The van der Waals surface area contributed by atoms with Gasteiger partial charge in [-0.25, -0.2) is 0 Å². The quantitative estimate of drug-likeness (QED) is 0.768. The van der Waals surface area contributed by atoms with Gasteiger partial charge in [-0.15, -0.1) is 0 Å². The fraction of sp³-hybridized carbons (Fsp3) is 0.368. The van der Waals surface area contributed by atoms with Crippen LogP contribution < -0.4 is 10.1 Å². The number of carbonyl (C=O) groups is 1. The molecule has 0 spiro atoms. The van der Waals surface area contributed by atoms with Crippen molar-refractivity contribution >= 4 is 16.8 Å². The highest BCUT2D eigenvalue weighted by atomic mass is 16.5. The minimum absolute atomic E-state index is 0.0235. The summed E-state index contributed by atoms with van der Waals surface area (Å²) < 4.78 is 7.43. The van der Waals surface area contributed by atoms with Gasteiger partial charge in [0.2, 0.25) is 0 Å².